The highest BCUT2D eigenvalue weighted by atomic mass is 32.1. The Labute approximate surface area is 159 Å². The van der Waals surface area contributed by atoms with E-state index in [1.807, 2.05) is 36.6 Å². The van der Waals surface area contributed by atoms with Gasteiger partial charge in [0.2, 0.25) is 5.91 Å². The number of hydrazine groups is 1. The van der Waals surface area contributed by atoms with Crippen molar-refractivity contribution in [1.82, 2.24) is 25.6 Å². The van der Waals surface area contributed by atoms with Crippen molar-refractivity contribution >= 4 is 35.4 Å². The molecule has 9 heteroatoms. The molecular weight excluding hydrogens is 370 g/mol. The summed E-state index contributed by atoms with van der Waals surface area (Å²) in [5.74, 6) is 0.0320. The van der Waals surface area contributed by atoms with E-state index in [9.17, 15) is 9.59 Å². The van der Waals surface area contributed by atoms with Crippen LogP contribution in [0.1, 0.15) is 22.3 Å². The van der Waals surface area contributed by atoms with Crippen molar-refractivity contribution in [1.29, 1.82) is 0 Å². The van der Waals surface area contributed by atoms with Crippen molar-refractivity contribution in [3.8, 4) is 10.7 Å². The standard InChI is InChI=1S/C17H17N5O2S2/c1-11-5-2-3-6-12(11)16(24)20-18-14(23)8-9-22-15(19-21-17(22)25)13-7-4-10-26-13/h2-7,10H,8-9H2,1H3,(H,18,23)(H,20,24)(H,21,25). The summed E-state index contributed by atoms with van der Waals surface area (Å²) < 4.78 is 2.22. The molecule has 7 nitrogen and oxygen atoms in total. The number of thiophene rings is 1. The van der Waals surface area contributed by atoms with E-state index in [1.54, 1.807) is 28.0 Å². The van der Waals surface area contributed by atoms with E-state index in [0.717, 1.165) is 10.4 Å². The van der Waals surface area contributed by atoms with Crippen molar-refractivity contribution in [2.45, 2.75) is 19.9 Å². The molecule has 0 fully saturated rings. The van der Waals surface area contributed by atoms with Crippen LogP contribution in [0.15, 0.2) is 41.8 Å². The Morgan fingerprint density at radius 1 is 1.23 bits per heavy atom. The molecule has 0 atom stereocenters. The van der Waals surface area contributed by atoms with E-state index in [2.05, 4.69) is 21.0 Å². The lowest BCUT2D eigenvalue weighted by Gasteiger charge is -2.10. The van der Waals surface area contributed by atoms with Crippen molar-refractivity contribution in [3.05, 3.63) is 57.7 Å². The van der Waals surface area contributed by atoms with E-state index in [0.29, 0.717) is 22.7 Å². The lowest BCUT2D eigenvalue weighted by Crippen LogP contribution is -2.42. The number of hydrogen-bond acceptors (Lipinski definition) is 5. The number of hydrogen-bond donors (Lipinski definition) is 3. The molecule has 1 aromatic carbocycles. The minimum Gasteiger partial charge on any atom is -0.299 e. The molecule has 134 valence electrons. The quantitative estimate of drug-likeness (QED) is 0.464. The third kappa shape index (κ3) is 4.06. The second-order valence-corrected chi connectivity index (χ2v) is 6.88. The first-order valence-electron chi connectivity index (χ1n) is 7.90. The molecule has 2 heterocycles. The second kappa shape index (κ2) is 8.07. The van der Waals surface area contributed by atoms with Crippen LogP contribution >= 0.6 is 23.6 Å². The Hall–Kier alpha value is -2.78. The Balaban J connectivity index is 1.57. The number of aromatic nitrogens is 3. The number of aryl methyl sites for hydroxylation is 1. The fourth-order valence-corrected chi connectivity index (χ4v) is 3.36. The monoisotopic (exact) mass is 387 g/mol. The molecule has 0 aliphatic rings. The third-order valence-electron chi connectivity index (χ3n) is 3.77. The highest BCUT2D eigenvalue weighted by Crippen LogP contribution is 2.22. The summed E-state index contributed by atoms with van der Waals surface area (Å²) in [4.78, 5) is 25.1. The fourth-order valence-electron chi connectivity index (χ4n) is 2.42. The normalized spacial score (nSPS) is 10.5. The van der Waals surface area contributed by atoms with Crippen molar-refractivity contribution < 1.29 is 9.59 Å². The SMILES string of the molecule is Cc1ccccc1C(=O)NNC(=O)CCn1c(-c2cccs2)n[nH]c1=S. The van der Waals surface area contributed by atoms with E-state index >= 15 is 0 Å². The summed E-state index contributed by atoms with van der Waals surface area (Å²) in [6.07, 6.45) is 0.153. The van der Waals surface area contributed by atoms with Gasteiger partial charge in [0.05, 0.1) is 4.88 Å². The number of amides is 2. The maximum absolute atomic E-state index is 12.1. The first-order chi connectivity index (χ1) is 12.6. The van der Waals surface area contributed by atoms with Gasteiger partial charge in [0.1, 0.15) is 0 Å². The van der Waals surface area contributed by atoms with E-state index in [-0.39, 0.29) is 18.2 Å². The molecule has 0 spiro atoms. The first-order valence-corrected chi connectivity index (χ1v) is 9.19. The average molecular weight is 387 g/mol. The van der Waals surface area contributed by atoms with Crippen LogP contribution in [0.25, 0.3) is 10.7 Å². The zero-order valence-electron chi connectivity index (χ0n) is 14.0. The van der Waals surface area contributed by atoms with Gasteiger partial charge in [0, 0.05) is 18.5 Å². The number of aromatic amines is 1. The maximum atomic E-state index is 12.1. The molecule has 0 saturated heterocycles. The summed E-state index contributed by atoms with van der Waals surface area (Å²) in [6.45, 7) is 2.19. The van der Waals surface area contributed by atoms with E-state index in [4.69, 9.17) is 12.2 Å². The van der Waals surface area contributed by atoms with Gasteiger partial charge in [0.15, 0.2) is 10.6 Å². The highest BCUT2D eigenvalue weighted by molar-refractivity contribution is 7.71. The predicted octanol–water partition coefficient (Wildman–Crippen LogP) is 2.83. The summed E-state index contributed by atoms with van der Waals surface area (Å²) in [5, 5.41) is 8.91. The number of H-pyrrole nitrogens is 1. The molecule has 0 unspecified atom stereocenters. The summed E-state index contributed by atoms with van der Waals surface area (Å²) in [7, 11) is 0. The van der Waals surface area contributed by atoms with Crippen LogP contribution in [-0.2, 0) is 11.3 Å². The molecule has 2 aromatic heterocycles. The van der Waals surface area contributed by atoms with Gasteiger partial charge >= 0.3 is 0 Å². The summed E-state index contributed by atoms with van der Waals surface area (Å²) in [6, 6.07) is 11.0. The zero-order chi connectivity index (χ0) is 18.5. The lowest BCUT2D eigenvalue weighted by molar-refractivity contribution is -0.122. The van der Waals surface area contributed by atoms with Gasteiger partial charge < -0.3 is 0 Å². The topological polar surface area (TPSA) is 91.8 Å². The molecule has 0 radical (unpaired) electrons. The summed E-state index contributed by atoms with van der Waals surface area (Å²) in [5.41, 5.74) is 6.22. The molecule has 0 aliphatic carbocycles. The summed E-state index contributed by atoms with van der Waals surface area (Å²) >= 11 is 6.78. The van der Waals surface area contributed by atoms with Crippen LogP contribution in [0.5, 0.6) is 0 Å². The van der Waals surface area contributed by atoms with Gasteiger partial charge in [-0.05, 0) is 42.2 Å². The third-order valence-corrected chi connectivity index (χ3v) is 4.94. The van der Waals surface area contributed by atoms with Gasteiger partial charge in [-0.15, -0.1) is 11.3 Å². The lowest BCUT2D eigenvalue weighted by atomic mass is 10.1. The van der Waals surface area contributed by atoms with Crippen LogP contribution in [0.4, 0.5) is 0 Å². The first kappa shape index (κ1) is 18.0. The second-order valence-electron chi connectivity index (χ2n) is 5.55. The molecule has 3 rings (SSSR count). The number of nitrogens with one attached hydrogen (secondary N) is 3. The van der Waals surface area contributed by atoms with Crippen LogP contribution in [0.3, 0.4) is 0 Å². The number of carbonyl (C=O) groups is 2. The molecular formula is C17H17N5O2S2. The number of carbonyl (C=O) groups excluding carboxylic acids is 2. The molecule has 26 heavy (non-hydrogen) atoms. The molecule has 0 saturated carbocycles. The Kier molecular flexibility index (Phi) is 5.59. The minimum absolute atomic E-state index is 0.153. The number of nitrogens with zero attached hydrogens (tertiary/aromatic N) is 2. The average Bonchev–Trinajstić information content (AvgIpc) is 3.28. The maximum Gasteiger partial charge on any atom is 0.269 e. The molecule has 0 aliphatic heterocycles. The van der Waals surface area contributed by atoms with Gasteiger partial charge in [-0.1, -0.05) is 24.3 Å². The smallest absolute Gasteiger partial charge is 0.269 e. The van der Waals surface area contributed by atoms with E-state index < -0.39 is 0 Å². The highest BCUT2D eigenvalue weighted by Gasteiger charge is 2.13. The van der Waals surface area contributed by atoms with Crippen LogP contribution in [-0.4, -0.2) is 26.6 Å². The Morgan fingerprint density at radius 3 is 2.77 bits per heavy atom. The number of benzene rings is 1. The largest absolute Gasteiger partial charge is 0.299 e. The molecule has 3 N–H and O–H groups in total. The molecule has 3 aromatic rings. The fraction of sp³-hybridized carbons (Fsp3) is 0.176. The molecule has 0 bridgehead atoms. The van der Waals surface area contributed by atoms with Crippen molar-refractivity contribution in [3.63, 3.8) is 0 Å². The van der Waals surface area contributed by atoms with Gasteiger partial charge in [0.25, 0.3) is 5.91 Å². The van der Waals surface area contributed by atoms with E-state index in [1.165, 1.54) is 0 Å². The Bertz CT molecular complexity index is 975. The van der Waals surface area contributed by atoms with Crippen molar-refractivity contribution in [2.24, 2.45) is 0 Å². The van der Waals surface area contributed by atoms with Gasteiger partial charge in [-0.3, -0.25) is 30.1 Å². The van der Waals surface area contributed by atoms with Crippen LogP contribution in [0, 0.1) is 11.7 Å². The number of rotatable bonds is 5. The van der Waals surface area contributed by atoms with Crippen LogP contribution < -0.4 is 10.9 Å². The Morgan fingerprint density at radius 2 is 2.04 bits per heavy atom. The van der Waals surface area contributed by atoms with Gasteiger partial charge in [-0.25, -0.2) is 0 Å². The molecule has 2 amide bonds. The minimum atomic E-state index is -0.351. The van der Waals surface area contributed by atoms with Gasteiger partial charge in [-0.2, -0.15) is 5.10 Å². The van der Waals surface area contributed by atoms with Crippen LogP contribution in [0.2, 0.25) is 0 Å². The zero-order valence-corrected chi connectivity index (χ0v) is 15.6. The predicted molar refractivity (Wildman–Crippen MR) is 102 cm³/mol. The van der Waals surface area contributed by atoms with Crippen molar-refractivity contribution in [2.75, 3.05) is 0 Å².